The Bertz CT molecular complexity index is 1020. The molecule has 2 heterocycles. The molecule has 8 heteroatoms. The van der Waals surface area contributed by atoms with E-state index < -0.39 is 11.7 Å². The first kappa shape index (κ1) is 25.1. The van der Waals surface area contributed by atoms with Gasteiger partial charge in [-0.05, 0) is 68.1 Å². The van der Waals surface area contributed by atoms with Gasteiger partial charge in [-0.2, -0.15) is 0 Å². The van der Waals surface area contributed by atoms with Crippen molar-refractivity contribution in [1.29, 1.82) is 0 Å². The summed E-state index contributed by atoms with van der Waals surface area (Å²) in [6.45, 7) is 8.93. The minimum absolute atomic E-state index is 0.151. The Morgan fingerprint density at radius 3 is 2.54 bits per heavy atom. The predicted octanol–water partition coefficient (Wildman–Crippen LogP) is 3.77. The summed E-state index contributed by atoms with van der Waals surface area (Å²) in [7, 11) is 0. The second-order valence-corrected chi connectivity index (χ2v) is 9.43. The fourth-order valence-electron chi connectivity index (χ4n) is 4.58. The number of hydrogen-bond donors (Lipinski definition) is 2. The third-order valence-electron chi connectivity index (χ3n) is 6.75. The Hall–Kier alpha value is -2.97. The summed E-state index contributed by atoms with van der Waals surface area (Å²) in [5.41, 5.74) is 2.16. The smallest absolute Gasteiger partial charge is 0.255 e. The fourth-order valence-corrected chi connectivity index (χ4v) is 4.58. The van der Waals surface area contributed by atoms with Crippen molar-refractivity contribution in [2.75, 3.05) is 62.7 Å². The minimum Gasteiger partial charge on any atom is -0.379 e. The number of nitrogens with one attached hydrogen (secondary N) is 2. The predicted molar refractivity (Wildman–Crippen MR) is 136 cm³/mol. The Morgan fingerprint density at radius 1 is 1.03 bits per heavy atom. The highest BCUT2D eigenvalue weighted by Crippen LogP contribution is 2.29. The van der Waals surface area contributed by atoms with Crippen LogP contribution in [0, 0.1) is 11.7 Å². The van der Waals surface area contributed by atoms with Crippen molar-refractivity contribution >= 4 is 23.2 Å². The van der Waals surface area contributed by atoms with Crippen LogP contribution in [-0.4, -0.2) is 69.2 Å². The van der Waals surface area contributed by atoms with Crippen molar-refractivity contribution in [1.82, 2.24) is 10.2 Å². The van der Waals surface area contributed by atoms with E-state index in [4.69, 9.17) is 4.74 Å². The van der Waals surface area contributed by atoms with E-state index in [0.717, 1.165) is 70.9 Å². The minimum atomic E-state index is -0.468. The first-order valence-electron chi connectivity index (χ1n) is 12.5. The van der Waals surface area contributed by atoms with Crippen LogP contribution in [-0.2, 0) is 4.74 Å². The number of rotatable bonds is 8. The molecule has 0 aliphatic carbocycles. The third kappa shape index (κ3) is 7.02. The highest BCUT2D eigenvalue weighted by Gasteiger charge is 2.22. The van der Waals surface area contributed by atoms with E-state index in [2.05, 4.69) is 27.4 Å². The molecular weight excluding hydrogens is 447 g/mol. The van der Waals surface area contributed by atoms with Gasteiger partial charge < -0.3 is 20.3 Å². The molecule has 2 saturated heterocycles. The Kier molecular flexibility index (Phi) is 8.71. The third-order valence-corrected chi connectivity index (χ3v) is 6.75. The molecule has 7 nitrogen and oxygen atoms in total. The topological polar surface area (TPSA) is 73.9 Å². The molecule has 0 radical (unpaired) electrons. The van der Waals surface area contributed by atoms with Gasteiger partial charge in [0.1, 0.15) is 5.82 Å². The van der Waals surface area contributed by atoms with E-state index in [9.17, 15) is 14.0 Å². The van der Waals surface area contributed by atoms with Crippen molar-refractivity contribution in [3.8, 4) is 0 Å². The summed E-state index contributed by atoms with van der Waals surface area (Å²) in [5, 5.41) is 5.87. The quantitative estimate of drug-likeness (QED) is 0.561. The average molecular weight is 483 g/mol. The monoisotopic (exact) mass is 482 g/mol. The number of hydrogen-bond acceptors (Lipinski definition) is 5. The molecule has 0 unspecified atom stereocenters. The number of halogens is 1. The molecule has 2 aliphatic heterocycles. The van der Waals surface area contributed by atoms with Crippen LogP contribution < -0.4 is 15.5 Å². The lowest BCUT2D eigenvalue weighted by atomic mass is 9.97. The Balaban J connectivity index is 1.45. The SMILES string of the molecule is CC1CCN(c2ccc(NC(=O)c3cccc(F)c3)cc2C(=O)NCCCN2CCOCC2)CC1. The highest BCUT2D eigenvalue weighted by molar-refractivity contribution is 6.06. The first-order valence-corrected chi connectivity index (χ1v) is 12.5. The van der Waals surface area contributed by atoms with Crippen LogP contribution in [0.25, 0.3) is 0 Å². The zero-order chi connectivity index (χ0) is 24.6. The molecule has 2 fully saturated rings. The molecule has 0 atom stereocenters. The lowest BCUT2D eigenvalue weighted by Gasteiger charge is -2.33. The van der Waals surface area contributed by atoms with Crippen LogP contribution in [0.15, 0.2) is 42.5 Å². The number of carbonyl (C=O) groups is 2. The van der Waals surface area contributed by atoms with E-state index in [0.29, 0.717) is 23.7 Å². The zero-order valence-electron chi connectivity index (χ0n) is 20.4. The maximum Gasteiger partial charge on any atom is 0.255 e. The number of amides is 2. The van der Waals surface area contributed by atoms with E-state index in [1.165, 1.54) is 18.2 Å². The molecule has 2 aromatic rings. The summed E-state index contributed by atoms with van der Waals surface area (Å²) in [4.78, 5) is 30.5. The maximum atomic E-state index is 13.5. The van der Waals surface area contributed by atoms with Crippen molar-refractivity contribution in [3.05, 3.63) is 59.4 Å². The van der Waals surface area contributed by atoms with Gasteiger partial charge in [-0.25, -0.2) is 4.39 Å². The van der Waals surface area contributed by atoms with Crippen LogP contribution in [0.2, 0.25) is 0 Å². The summed E-state index contributed by atoms with van der Waals surface area (Å²) < 4.78 is 18.9. The standard InChI is InChI=1S/C27H35FN4O3/c1-20-8-12-32(13-9-20)25-7-6-23(30-26(33)21-4-2-5-22(28)18-21)19-24(25)27(34)29-10-3-11-31-14-16-35-17-15-31/h2,4-7,18-20H,3,8-17H2,1H3,(H,29,34)(H,30,33). The number of morpholine rings is 1. The van der Waals surface area contributed by atoms with E-state index >= 15 is 0 Å². The van der Waals surface area contributed by atoms with Crippen molar-refractivity contribution < 1.29 is 18.7 Å². The first-order chi connectivity index (χ1) is 17.0. The van der Waals surface area contributed by atoms with Crippen molar-refractivity contribution in [2.24, 2.45) is 5.92 Å². The molecule has 0 aromatic heterocycles. The van der Waals surface area contributed by atoms with E-state index in [-0.39, 0.29) is 11.5 Å². The van der Waals surface area contributed by atoms with E-state index in [1.807, 2.05) is 6.07 Å². The van der Waals surface area contributed by atoms with Crippen LogP contribution in [0.1, 0.15) is 46.9 Å². The number of ether oxygens (including phenoxy) is 1. The molecule has 0 bridgehead atoms. The molecule has 2 aliphatic rings. The van der Waals surface area contributed by atoms with Crippen molar-refractivity contribution in [2.45, 2.75) is 26.2 Å². The van der Waals surface area contributed by atoms with Gasteiger partial charge in [0.05, 0.1) is 18.8 Å². The number of benzene rings is 2. The number of carbonyl (C=O) groups excluding carboxylic acids is 2. The molecule has 2 N–H and O–H groups in total. The fraction of sp³-hybridized carbons (Fsp3) is 0.481. The Morgan fingerprint density at radius 2 is 1.80 bits per heavy atom. The molecule has 35 heavy (non-hydrogen) atoms. The summed E-state index contributed by atoms with van der Waals surface area (Å²) in [6.07, 6.45) is 3.02. The van der Waals surface area contributed by atoms with Gasteiger partial charge in [0, 0.05) is 49.7 Å². The number of nitrogens with zero attached hydrogens (tertiary/aromatic N) is 2. The van der Waals surface area contributed by atoms with Gasteiger partial charge in [-0.1, -0.05) is 13.0 Å². The summed E-state index contributed by atoms with van der Waals surface area (Å²) in [5.74, 6) is -0.360. The number of anilines is 2. The molecule has 0 spiro atoms. The van der Waals surface area contributed by atoms with Crippen molar-refractivity contribution in [3.63, 3.8) is 0 Å². The summed E-state index contributed by atoms with van der Waals surface area (Å²) in [6, 6.07) is 11.0. The van der Waals surface area contributed by atoms with Crippen LogP contribution >= 0.6 is 0 Å². The molecular formula is C27H35FN4O3. The maximum absolute atomic E-state index is 13.5. The van der Waals surface area contributed by atoms with Crippen LogP contribution in [0.4, 0.5) is 15.8 Å². The van der Waals surface area contributed by atoms with Gasteiger partial charge in [-0.3, -0.25) is 14.5 Å². The second kappa shape index (κ2) is 12.1. The molecule has 2 aromatic carbocycles. The largest absolute Gasteiger partial charge is 0.379 e. The molecule has 2 amide bonds. The lowest BCUT2D eigenvalue weighted by molar-refractivity contribution is 0.0374. The number of piperidine rings is 1. The van der Waals surface area contributed by atoms with Gasteiger partial charge in [0.25, 0.3) is 11.8 Å². The zero-order valence-corrected chi connectivity index (χ0v) is 20.4. The normalized spacial score (nSPS) is 17.3. The second-order valence-electron chi connectivity index (χ2n) is 9.43. The van der Waals surface area contributed by atoms with Crippen LogP contribution in [0.3, 0.4) is 0 Å². The molecule has 188 valence electrons. The van der Waals surface area contributed by atoms with Gasteiger partial charge in [-0.15, -0.1) is 0 Å². The van der Waals surface area contributed by atoms with Gasteiger partial charge in [0.2, 0.25) is 0 Å². The average Bonchev–Trinajstić information content (AvgIpc) is 2.87. The van der Waals surface area contributed by atoms with Crippen LogP contribution in [0.5, 0.6) is 0 Å². The lowest BCUT2D eigenvalue weighted by Crippen LogP contribution is -2.38. The van der Waals surface area contributed by atoms with E-state index in [1.54, 1.807) is 18.2 Å². The molecule has 0 saturated carbocycles. The highest BCUT2D eigenvalue weighted by atomic mass is 19.1. The summed E-state index contributed by atoms with van der Waals surface area (Å²) >= 11 is 0. The van der Waals surface area contributed by atoms with Gasteiger partial charge in [0.15, 0.2) is 0 Å². The Labute approximate surface area is 206 Å². The van der Waals surface area contributed by atoms with Gasteiger partial charge >= 0.3 is 0 Å². The molecule has 4 rings (SSSR count).